The number of pyridine rings is 1. The molecular formula is C20H20ClN5. The molecule has 0 aliphatic carbocycles. The van der Waals surface area contributed by atoms with Crippen molar-refractivity contribution in [2.45, 2.75) is 33.6 Å². The van der Waals surface area contributed by atoms with Crippen LogP contribution in [0.25, 0.3) is 16.7 Å². The summed E-state index contributed by atoms with van der Waals surface area (Å²) in [6.45, 7) is 6.22. The summed E-state index contributed by atoms with van der Waals surface area (Å²) >= 11 is 6.00. The lowest BCUT2D eigenvalue weighted by Crippen LogP contribution is -2.04. The van der Waals surface area contributed by atoms with Gasteiger partial charge in [-0.05, 0) is 56.2 Å². The molecule has 132 valence electrons. The molecule has 0 aliphatic rings. The zero-order chi connectivity index (χ0) is 18.3. The Morgan fingerprint density at radius 2 is 1.85 bits per heavy atom. The van der Waals surface area contributed by atoms with Gasteiger partial charge in [-0.25, -0.2) is 9.97 Å². The molecule has 3 aromatic heterocycles. The molecule has 0 bridgehead atoms. The highest BCUT2D eigenvalue weighted by molar-refractivity contribution is 6.30. The molecule has 0 amide bonds. The molecule has 0 saturated carbocycles. The first-order chi connectivity index (χ1) is 12.5. The van der Waals surface area contributed by atoms with Crippen LogP contribution < -0.4 is 5.32 Å². The smallest absolute Gasteiger partial charge is 0.184 e. The minimum atomic E-state index is 0.710. The van der Waals surface area contributed by atoms with E-state index in [1.54, 1.807) is 0 Å². The fourth-order valence-electron chi connectivity index (χ4n) is 3.23. The molecule has 0 spiro atoms. The number of nitrogens with zero attached hydrogens (tertiary/aromatic N) is 4. The fraction of sp³-hybridized carbons (Fsp3) is 0.250. The Bertz CT molecular complexity index is 1100. The number of nitrogens with one attached hydrogen (secondary N) is 1. The van der Waals surface area contributed by atoms with Crippen molar-refractivity contribution < 1.29 is 0 Å². The molecule has 4 rings (SSSR count). The largest absolute Gasteiger partial charge is 0.340 e. The maximum atomic E-state index is 6.00. The molecule has 0 radical (unpaired) electrons. The van der Waals surface area contributed by atoms with Crippen molar-refractivity contribution in [1.82, 2.24) is 19.6 Å². The van der Waals surface area contributed by atoms with Gasteiger partial charge in [0.05, 0.1) is 5.39 Å². The molecule has 0 fully saturated rings. The van der Waals surface area contributed by atoms with E-state index in [9.17, 15) is 0 Å². The first kappa shape index (κ1) is 16.8. The van der Waals surface area contributed by atoms with E-state index < -0.39 is 0 Å². The number of fused-ring (bicyclic) bond motifs is 3. The summed E-state index contributed by atoms with van der Waals surface area (Å²) in [5, 5.41) is 9.87. The fourth-order valence-corrected chi connectivity index (χ4v) is 3.35. The van der Waals surface area contributed by atoms with E-state index in [0.29, 0.717) is 5.02 Å². The highest BCUT2D eigenvalue weighted by Crippen LogP contribution is 2.27. The second-order valence-electron chi connectivity index (χ2n) is 6.53. The third-order valence-corrected chi connectivity index (χ3v) is 4.60. The van der Waals surface area contributed by atoms with E-state index in [0.717, 1.165) is 58.0 Å². The molecule has 6 heteroatoms. The predicted octanol–water partition coefficient (Wildman–Crippen LogP) is 5.24. The van der Waals surface area contributed by atoms with Crippen LogP contribution in [0.2, 0.25) is 5.02 Å². The average molecular weight is 366 g/mol. The van der Waals surface area contributed by atoms with Crippen LogP contribution in [0.15, 0.2) is 36.4 Å². The number of halogens is 1. The highest BCUT2D eigenvalue weighted by atomic mass is 35.5. The van der Waals surface area contributed by atoms with Crippen LogP contribution in [0.5, 0.6) is 0 Å². The van der Waals surface area contributed by atoms with Gasteiger partial charge in [-0.2, -0.15) is 4.52 Å². The van der Waals surface area contributed by atoms with E-state index >= 15 is 0 Å². The Kier molecular flexibility index (Phi) is 4.24. The van der Waals surface area contributed by atoms with Gasteiger partial charge in [-0.15, -0.1) is 5.10 Å². The molecular weight excluding hydrogens is 346 g/mol. The highest BCUT2D eigenvalue weighted by Gasteiger charge is 2.15. The first-order valence-corrected chi connectivity index (χ1v) is 9.12. The van der Waals surface area contributed by atoms with E-state index in [4.69, 9.17) is 21.7 Å². The predicted molar refractivity (Wildman–Crippen MR) is 106 cm³/mol. The van der Waals surface area contributed by atoms with Crippen LogP contribution in [-0.4, -0.2) is 19.6 Å². The van der Waals surface area contributed by atoms with Crippen molar-refractivity contribution in [3.05, 3.63) is 58.4 Å². The molecule has 3 heterocycles. The summed E-state index contributed by atoms with van der Waals surface area (Å²) in [5.41, 5.74) is 5.65. The van der Waals surface area contributed by atoms with E-state index in [2.05, 4.69) is 36.3 Å². The number of hydrogen-bond acceptors (Lipinski definition) is 4. The van der Waals surface area contributed by atoms with Crippen LogP contribution in [0.4, 0.5) is 11.5 Å². The first-order valence-electron chi connectivity index (χ1n) is 8.74. The van der Waals surface area contributed by atoms with Crippen LogP contribution in [0.3, 0.4) is 0 Å². The van der Waals surface area contributed by atoms with Crippen molar-refractivity contribution in [3.8, 4) is 0 Å². The van der Waals surface area contributed by atoms with Gasteiger partial charge in [0.2, 0.25) is 0 Å². The van der Waals surface area contributed by atoms with Crippen molar-refractivity contribution >= 4 is 39.8 Å². The average Bonchev–Trinajstić information content (AvgIpc) is 2.96. The van der Waals surface area contributed by atoms with Crippen molar-refractivity contribution in [1.29, 1.82) is 0 Å². The molecule has 0 unspecified atom stereocenters. The Labute approximate surface area is 157 Å². The summed E-state index contributed by atoms with van der Waals surface area (Å²) in [6.07, 6.45) is 1.95. The summed E-state index contributed by atoms with van der Waals surface area (Å²) in [6, 6.07) is 11.8. The lowest BCUT2D eigenvalue weighted by molar-refractivity contribution is 0.864. The van der Waals surface area contributed by atoms with Crippen LogP contribution in [0.1, 0.15) is 30.3 Å². The zero-order valence-electron chi connectivity index (χ0n) is 15.0. The normalized spacial score (nSPS) is 11.4. The number of hydrogen-bond donors (Lipinski definition) is 1. The van der Waals surface area contributed by atoms with Gasteiger partial charge in [-0.3, -0.25) is 0 Å². The monoisotopic (exact) mass is 365 g/mol. The third kappa shape index (κ3) is 2.99. The Balaban J connectivity index is 1.94. The molecule has 1 aromatic carbocycles. The van der Waals surface area contributed by atoms with E-state index in [-0.39, 0.29) is 0 Å². The van der Waals surface area contributed by atoms with Gasteiger partial charge in [0.25, 0.3) is 0 Å². The minimum absolute atomic E-state index is 0.710. The lowest BCUT2D eigenvalue weighted by Gasteiger charge is -2.10. The number of rotatable bonds is 4. The topological polar surface area (TPSA) is 55.1 Å². The molecule has 5 nitrogen and oxygen atoms in total. The Morgan fingerprint density at radius 3 is 2.58 bits per heavy atom. The van der Waals surface area contributed by atoms with Crippen molar-refractivity contribution in [3.63, 3.8) is 0 Å². The number of anilines is 2. The number of aromatic nitrogens is 4. The molecule has 4 aromatic rings. The van der Waals surface area contributed by atoms with Crippen LogP contribution in [-0.2, 0) is 6.42 Å². The van der Waals surface area contributed by atoms with E-state index in [1.807, 2.05) is 35.7 Å². The van der Waals surface area contributed by atoms with E-state index in [1.165, 1.54) is 0 Å². The summed E-state index contributed by atoms with van der Waals surface area (Å²) < 4.78 is 1.85. The summed E-state index contributed by atoms with van der Waals surface area (Å²) in [4.78, 5) is 9.45. The minimum Gasteiger partial charge on any atom is -0.340 e. The van der Waals surface area contributed by atoms with Gasteiger partial charge >= 0.3 is 0 Å². The third-order valence-electron chi connectivity index (χ3n) is 4.35. The van der Waals surface area contributed by atoms with Gasteiger partial charge in [-0.1, -0.05) is 24.9 Å². The van der Waals surface area contributed by atoms with Gasteiger partial charge < -0.3 is 5.32 Å². The standard InChI is InChI=1S/C20H20ClN5/c1-4-5-16-11-17(23-15-8-6-14(21)7-9-15)26-20(24-16)18-12(2)10-13(3)22-19(18)25-26/h6-11,23H,4-5H2,1-3H3. The summed E-state index contributed by atoms with van der Waals surface area (Å²) in [5.74, 6) is 0.871. The molecule has 0 saturated heterocycles. The van der Waals surface area contributed by atoms with Gasteiger partial charge in [0.15, 0.2) is 11.3 Å². The molecule has 0 aliphatic heterocycles. The summed E-state index contributed by atoms with van der Waals surface area (Å²) in [7, 11) is 0. The van der Waals surface area contributed by atoms with Gasteiger partial charge in [0, 0.05) is 28.2 Å². The van der Waals surface area contributed by atoms with Crippen molar-refractivity contribution in [2.24, 2.45) is 0 Å². The quantitative estimate of drug-likeness (QED) is 0.537. The number of benzene rings is 1. The Morgan fingerprint density at radius 1 is 1.08 bits per heavy atom. The lowest BCUT2D eigenvalue weighted by atomic mass is 10.2. The van der Waals surface area contributed by atoms with Gasteiger partial charge in [0.1, 0.15) is 5.82 Å². The molecule has 0 atom stereocenters. The van der Waals surface area contributed by atoms with Crippen molar-refractivity contribution in [2.75, 3.05) is 5.32 Å². The second kappa shape index (κ2) is 6.57. The van der Waals surface area contributed by atoms with Crippen LogP contribution >= 0.6 is 11.6 Å². The zero-order valence-corrected chi connectivity index (χ0v) is 15.8. The van der Waals surface area contributed by atoms with Crippen LogP contribution in [0, 0.1) is 13.8 Å². The maximum Gasteiger partial charge on any atom is 0.184 e. The molecule has 1 N–H and O–H groups in total. The SMILES string of the molecule is CCCc1cc(Nc2ccc(Cl)cc2)n2nc3nc(C)cc(C)c3c2n1. The molecule has 26 heavy (non-hydrogen) atoms. The second-order valence-corrected chi connectivity index (χ2v) is 6.97. The maximum absolute atomic E-state index is 6.00. The number of aryl methyl sites for hydroxylation is 3. The Hall–Kier alpha value is -2.66.